The Morgan fingerprint density at radius 2 is 0.692 bits per heavy atom. The van der Waals surface area contributed by atoms with Crippen molar-refractivity contribution in [3.8, 4) is 56.4 Å². The van der Waals surface area contributed by atoms with Crippen molar-refractivity contribution < 1.29 is 0 Å². The smallest absolute Gasteiger partial charge is 0.164 e. The first kappa shape index (κ1) is 37.1. The van der Waals surface area contributed by atoms with Crippen LogP contribution < -0.4 is 0 Å². The van der Waals surface area contributed by atoms with Crippen LogP contribution in [0, 0.1) is 0 Å². The number of nitrogens with zero attached hydrogens (tertiary/aromatic N) is 3. The molecule has 0 bridgehead atoms. The molecule has 1 aliphatic carbocycles. The van der Waals surface area contributed by atoms with E-state index >= 15 is 0 Å². The lowest BCUT2D eigenvalue weighted by Gasteiger charge is -2.34. The molecule has 0 saturated carbocycles. The van der Waals surface area contributed by atoms with E-state index in [0.29, 0.717) is 17.5 Å². The zero-order valence-electron chi connectivity index (χ0n) is 35.4. The lowest BCUT2D eigenvalue weighted by molar-refractivity contribution is 0.768. The van der Waals surface area contributed by atoms with Gasteiger partial charge in [-0.25, -0.2) is 15.0 Å². The Kier molecular flexibility index (Phi) is 8.44. The second kappa shape index (κ2) is 14.8. The average Bonchev–Trinajstić information content (AvgIpc) is 3.69. The van der Waals surface area contributed by atoms with Gasteiger partial charge in [0.05, 0.1) is 5.41 Å². The molecule has 1 aliphatic rings. The maximum atomic E-state index is 5.37. The van der Waals surface area contributed by atoms with E-state index in [1.54, 1.807) is 0 Å². The van der Waals surface area contributed by atoms with Crippen LogP contribution in [-0.2, 0) is 5.41 Å². The Morgan fingerprint density at radius 1 is 0.246 bits per heavy atom. The number of rotatable bonds is 6. The molecule has 11 aromatic carbocycles. The molecule has 0 atom stereocenters. The SMILES string of the molecule is c1ccc(-c2nc(-c3cccc(-c4cc5c6ccccc6c6ccccc6c5c5ccccc45)c3)nc(-c3ccc4c(c3)C(c3ccccc3)(c3ccccc3)c3ccccc3-4)n2)cc1. The van der Waals surface area contributed by atoms with Crippen LogP contribution in [0.2, 0.25) is 0 Å². The van der Waals surface area contributed by atoms with Crippen molar-refractivity contribution in [2.24, 2.45) is 0 Å². The summed E-state index contributed by atoms with van der Waals surface area (Å²) in [6.07, 6.45) is 0. The minimum Gasteiger partial charge on any atom is -0.208 e. The van der Waals surface area contributed by atoms with Crippen LogP contribution in [0.25, 0.3) is 99.5 Å². The van der Waals surface area contributed by atoms with E-state index in [1.165, 1.54) is 82.0 Å². The van der Waals surface area contributed by atoms with Crippen molar-refractivity contribution in [1.29, 1.82) is 0 Å². The van der Waals surface area contributed by atoms with Gasteiger partial charge in [-0.3, -0.25) is 0 Å². The molecule has 0 radical (unpaired) electrons. The molecule has 65 heavy (non-hydrogen) atoms. The third-order valence-electron chi connectivity index (χ3n) is 13.6. The molecule has 3 heteroatoms. The highest BCUT2D eigenvalue weighted by Gasteiger charge is 2.46. The fraction of sp³-hybridized carbons (Fsp3) is 0.0161. The van der Waals surface area contributed by atoms with Crippen LogP contribution in [0.4, 0.5) is 0 Å². The van der Waals surface area contributed by atoms with Crippen LogP contribution in [0.1, 0.15) is 22.3 Å². The average molecular weight is 826 g/mol. The van der Waals surface area contributed by atoms with E-state index < -0.39 is 5.41 Å². The molecule has 0 fully saturated rings. The Bertz CT molecular complexity index is 3780. The topological polar surface area (TPSA) is 38.7 Å². The van der Waals surface area contributed by atoms with Gasteiger partial charge in [-0.15, -0.1) is 0 Å². The monoisotopic (exact) mass is 825 g/mol. The quantitative estimate of drug-likeness (QED) is 0.157. The summed E-state index contributed by atoms with van der Waals surface area (Å²) in [5.74, 6) is 1.88. The van der Waals surface area contributed by atoms with Gasteiger partial charge in [-0.05, 0) is 106 Å². The van der Waals surface area contributed by atoms with Gasteiger partial charge < -0.3 is 0 Å². The van der Waals surface area contributed by atoms with E-state index in [0.717, 1.165) is 22.3 Å². The normalized spacial score (nSPS) is 12.7. The summed E-state index contributed by atoms with van der Waals surface area (Å²) < 4.78 is 0. The van der Waals surface area contributed by atoms with Gasteiger partial charge in [-0.2, -0.15) is 0 Å². The number of hydrogen-bond acceptors (Lipinski definition) is 3. The predicted molar refractivity (Wildman–Crippen MR) is 269 cm³/mol. The molecule has 12 aromatic rings. The number of aromatic nitrogens is 3. The first-order chi connectivity index (χ1) is 32.2. The van der Waals surface area contributed by atoms with Crippen LogP contribution >= 0.6 is 0 Å². The summed E-state index contributed by atoms with van der Waals surface area (Å²) in [5, 5.41) is 10.0. The van der Waals surface area contributed by atoms with Crippen LogP contribution in [0.5, 0.6) is 0 Å². The van der Waals surface area contributed by atoms with E-state index in [9.17, 15) is 0 Å². The van der Waals surface area contributed by atoms with Crippen molar-refractivity contribution >= 4 is 43.1 Å². The van der Waals surface area contributed by atoms with E-state index in [2.05, 4.69) is 218 Å². The van der Waals surface area contributed by atoms with Crippen LogP contribution in [0.3, 0.4) is 0 Å². The van der Waals surface area contributed by atoms with Crippen LogP contribution in [-0.4, -0.2) is 15.0 Å². The van der Waals surface area contributed by atoms with Gasteiger partial charge in [0.25, 0.3) is 0 Å². The van der Waals surface area contributed by atoms with Crippen molar-refractivity contribution in [2.45, 2.75) is 5.41 Å². The van der Waals surface area contributed by atoms with E-state index in [-0.39, 0.29) is 0 Å². The number of hydrogen-bond donors (Lipinski definition) is 0. The zero-order valence-corrected chi connectivity index (χ0v) is 35.4. The van der Waals surface area contributed by atoms with Crippen molar-refractivity contribution in [1.82, 2.24) is 15.0 Å². The molecule has 13 rings (SSSR count). The highest BCUT2D eigenvalue weighted by molar-refractivity contribution is 6.33. The van der Waals surface area contributed by atoms with Gasteiger partial charge in [-0.1, -0.05) is 218 Å². The van der Waals surface area contributed by atoms with Gasteiger partial charge in [0.15, 0.2) is 17.5 Å². The van der Waals surface area contributed by atoms with E-state index in [1.807, 2.05) is 18.2 Å². The molecule has 3 nitrogen and oxygen atoms in total. The minimum atomic E-state index is -0.544. The second-order valence-corrected chi connectivity index (χ2v) is 17.0. The number of benzene rings is 11. The molecule has 302 valence electrons. The van der Waals surface area contributed by atoms with Gasteiger partial charge in [0.2, 0.25) is 0 Å². The zero-order chi connectivity index (χ0) is 42.9. The Hall–Kier alpha value is -8.53. The van der Waals surface area contributed by atoms with Gasteiger partial charge >= 0.3 is 0 Å². The summed E-state index contributed by atoms with van der Waals surface area (Å²) >= 11 is 0. The molecular formula is C62H39N3. The van der Waals surface area contributed by atoms with Gasteiger partial charge in [0, 0.05) is 16.7 Å². The Balaban J connectivity index is 1.02. The maximum Gasteiger partial charge on any atom is 0.164 e. The Morgan fingerprint density at radius 3 is 1.35 bits per heavy atom. The highest BCUT2D eigenvalue weighted by atomic mass is 15.0. The molecule has 0 saturated heterocycles. The molecule has 0 spiro atoms. The van der Waals surface area contributed by atoms with Crippen molar-refractivity contribution in [3.63, 3.8) is 0 Å². The van der Waals surface area contributed by atoms with Crippen molar-refractivity contribution in [3.05, 3.63) is 259 Å². The van der Waals surface area contributed by atoms with E-state index in [4.69, 9.17) is 15.0 Å². The second-order valence-electron chi connectivity index (χ2n) is 17.0. The summed E-state index contributed by atoms with van der Waals surface area (Å²) in [4.78, 5) is 15.8. The molecule has 0 aliphatic heterocycles. The fourth-order valence-corrected chi connectivity index (χ4v) is 10.8. The summed E-state index contributed by atoms with van der Waals surface area (Å²) in [6, 6.07) is 85.3. The maximum absolute atomic E-state index is 5.37. The summed E-state index contributed by atoms with van der Waals surface area (Å²) in [6.45, 7) is 0. The fourth-order valence-electron chi connectivity index (χ4n) is 10.8. The van der Waals surface area contributed by atoms with Gasteiger partial charge in [0.1, 0.15) is 0 Å². The van der Waals surface area contributed by atoms with Crippen molar-refractivity contribution in [2.75, 3.05) is 0 Å². The third kappa shape index (κ3) is 5.72. The largest absolute Gasteiger partial charge is 0.208 e. The summed E-state index contributed by atoms with van der Waals surface area (Å²) in [7, 11) is 0. The Labute approximate surface area is 377 Å². The third-order valence-corrected chi connectivity index (χ3v) is 13.6. The lowest BCUT2D eigenvalue weighted by Crippen LogP contribution is -2.28. The van der Waals surface area contributed by atoms with Crippen LogP contribution in [0.15, 0.2) is 237 Å². The first-order valence-electron chi connectivity index (χ1n) is 22.3. The molecule has 0 N–H and O–H groups in total. The first-order valence-corrected chi connectivity index (χ1v) is 22.3. The minimum absolute atomic E-state index is 0.544. The number of fused-ring (bicyclic) bond motifs is 11. The molecule has 0 unspecified atom stereocenters. The predicted octanol–water partition coefficient (Wildman–Crippen LogP) is 15.5. The highest BCUT2D eigenvalue weighted by Crippen LogP contribution is 2.56. The standard InChI is InChI=1S/C62H39N3/c1-4-19-40(20-5-1)59-63-60(42-22-18-21-41(37-42)54-39-55-48-29-11-10-27-46(48)47-28-12-14-32-52(47)58(55)53-33-15-13-30-49(53)54)65-61(64-59)43-35-36-51-50-31-16-17-34-56(50)62(57(51)38-43,44-23-6-2-7-24-44)45-25-8-3-9-26-45/h1-39H. The molecule has 1 aromatic heterocycles. The lowest BCUT2D eigenvalue weighted by atomic mass is 9.67. The molecule has 1 heterocycles. The molecular weight excluding hydrogens is 787 g/mol. The molecule has 0 amide bonds. The summed E-state index contributed by atoms with van der Waals surface area (Å²) in [5.41, 5.74) is 11.9.